The number of halogens is 4. The maximum atomic E-state index is 13.6. The van der Waals surface area contributed by atoms with Crippen molar-refractivity contribution in [2.75, 3.05) is 7.11 Å². The van der Waals surface area contributed by atoms with Gasteiger partial charge in [0.1, 0.15) is 11.6 Å². The maximum absolute atomic E-state index is 13.6. The van der Waals surface area contributed by atoms with Crippen molar-refractivity contribution in [2.45, 2.75) is 38.9 Å². The van der Waals surface area contributed by atoms with Gasteiger partial charge in [-0.15, -0.1) is 0 Å². The SMILES string of the molecule is COc1nc(C(C)(C)C)ncc1Cn1cnc(C(F)(F)F)c(Oc2cc(Cl)cc(C#N)c2)c1=O. The standard InChI is InChI=1S/C22H19ClF3N5O3/c1-21(2,3)20-28-9-13(18(30-20)33-4)10-31-11-29-17(22(24,25)26)16(19(31)32)34-15-6-12(8-27)5-14(23)7-15/h5-7,9,11H,10H2,1-4H3. The molecule has 0 atom stereocenters. The second-order valence-electron chi connectivity index (χ2n) is 8.22. The van der Waals surface area contributed by atoms with Crippen LogP contribution in [-0.2, 0) is 18.1 Å². The maximum Gasteiger partial charge on any atom is 0.437 e. The lowest BCUT2D eigenvalue weighted by Crippen LogP contribution is -2.27. The number of aromatic nitrogens is 4. The summed E-state index contributed by atoms with van der Waals surface area (Å²) in [5.74, 6) is -0.624. The summed E-state index contributed by atoms with van der Waals surface area (Å²) in [5.41, 5.74) is -2.61. The van der Waals surface area contributed by atoms with Crippen molar-refractivity contribution in [2.24, 2.45) is 0 Å². The molecule has 12 heteroatoms. The normalized spacial score (nSPS) is 11.7. The Morgan fingerprint density at radius 2 is 1.88 bits per heavy atom. The van der Waals surface area contributed by atoms with Crippen LogP contribution in [0.15, 0.2) is 35.5 Å². The molecule has 178 valence electrons. The first-order valence-corrected chi connectivity index (χ1v) is 10.2. The summed E-state index contributed by atoms with van der Waals surface area (Å²) in [6.45, 7) is 5.49. The minimum Gasteiger partial charge on any atom is -0.481 e. The van der Waals surface area contributed by atoms with E-state index in [9.17, 15) is 18.0 Å². The number of hydrogen-bond acceptors (Lipinski definition) is 7. The highest BCUT2D eigenvalue weighted by Crippen LogP contribution is 2.35. The van der Waals surface area contributed by atoms with Gasteiger partial charge in [0.15, 0.2) is 5.69 Å². The number of ether oxygens (including phenoxy) is 2. The Balaban J connectivity index is 2.09. The van der Waals surface area contributed by atoms with E-state index in [2.05, 4.69) is 15.0 Å². The lowest BCUT2D eigenvalue weighted by molar-refractivity contribution is -0.142. The summed E-state index contributed by atoms with van der Waals surface area (Å²) < 4.78 is 52.2. The first-order valence-electron chi connectivity index (χ1n) is 9.79. The third-order valence-electron chi connectivity index (χ3n) is 4.51. The quantitative estimate of drug-likeness (QED) is 0.506. The zero-order valence-corrected chi connectivity index (χ0v) is 19.3. The molecule has 0 unspecified atom stereocenters. The number of nitrogens with zero attached hydrogens (tertiary/aromatic N) is 5. The lowest BCUT2D eigenvalue weighted by atomic mass is 9.96. The fraction of sp³-hybridized carbons (Fsp3) is 0.318. The van der Waals surface area contributed by atoms with Gasteiger partial charge in [0, 0.05) is 16.6 Å². The van der Waals surface area contributed by atoms with Crippen molar-refractivity contribution < 1.29 is 22.6 Å². The van der Waals surface area contributed by atoms with E-state index in [1.807, 2.05) is 26.8 Å². The number of methoxy groups -OCH3 is 1. The van der Waals surface area contributed by atoms with Crippen LogP contribution in [0.4, 0.5) is 13.2 Å². The van der Waals surface area contributed by atoms with Crippen LogP contribution >= 0.6 is 11.6 Å². The van der Waals surface area contributed by atoms with Gasteiger partial charge in [0.25, 0.3) is 5.56 Å². The molecule has 0 aliphatic heterocycles. The molecule has 0 fully saturated rings. The van der Waals surface area contributed by atoms with Gasteiger partial charge in [0.2, 0.25) is 11.6 Å². The molecule has 0 aliphatic rings. The van der Waals surface area contributed by atoms with Crippen LogP contribution in [-0.4, -0.2) is 26.6 Å². The Bertz CT molecular complexity index is 1330. The van der Waals surface area contributed by atoms with Gasteiger partial charge < -0.3 is 9.47 Å². The fourth-order valence-electron chi connectivity index (χ4n) is 2.90. The average molecular weight is 494 g/mol. The zero-order valence-electron chi connectivity index (χ0n) is 18.6. The van der Waals surface area contributed by atoms with E-state index >= 15 is 0 Å². The van der Waals surface area contributed by atoms with Gasteiger partial charge in [-0.3, -0.25) is 9.36 Å². The molecular formula is C22H19ClF3N5O3. The van der Waals surface area contributed by atoms with Gasteiger partial charge in [-0.2, -0.15) is 23.4 Å². The molecule has 0 saturated heterocycles. The molecule has 0 N–H and O–H groups in total. The van der Waals surface area contributed by atoms with Crippen LogP contribution in [0.1, 0.15) is 43.4 Å². The summed E-state index contributed by atoms with van der Waals surface area (Å²) in [7, 11) is 1.38. The summed E-state index contributed by atoms with van der Waals surface area (Å²) in [6.07, 6.45) is -2.78. The summed E-state index contributed by atoms with van der Waals surface area (Å²) in [4.78, 5) is 25.1. The smallest absolute Gasteiger partial charge is 0.437 e. The molecular weight excluding hydrogens is 475 g/mol. The topological polar surface area (TPSA) is 103 Å². The number of rotatable bonds is 5. The number of benzene rings is 1. The van der Waals surface area contributed by atoms with Crippen molar-refractivity contribution in [3.05, 3.63) is 68.7 Å². The van der Waals surface area contributed by atoms with E-state index < -0.39 is 23.2 Å². The van der Waals surface area contributed by atoms with E-state index in [0.29, 0.717) is 11.4 Å². The molecule has 0 amide bonds. The Labute approximate surface area is 197 Å². The minimum atomic E-state index is -4.97. The molecule has 0 radical (unpaired) electrons. The van der Waals surface area contributed by atoms with Crippen LogP contribution < -0.4 is 15.0 Å². The third-order valence-corrected chi connectivity index (χ3v) is 4.73. The highest BCUT2D eigenvalue weighted by molar-refractivity contribution is 6.30. The van der Waals surface area contributed by atoms with Crippen LogP contribution in [0.2, 0.25) is 5.02 Å². The molecule has 3 aromatic rings. The average Bonchev–Trinajstić information content (AvgIpc) is 2.74. The molecule has 0 spiro atoms. The molecule has 8 nitrogen and oxygen atoms in total. The fourth-order valence-corrected chi connectivity index (χ4v) is 3.13. The Kier molecular flexibility index (Phi) is 6.84. The van der Waals surface area contributed by atoms with Gasteiger partial charge in [-0.1, -0.05) is 32.4 Å². The molecule has 34 heavy (non-hydrogen) atoms. The van der Waals surface area contributed by atoms with Gasteiger partial charge >= 0.3 is 6.18 Å². The van der Waals surface area contributed by atoms with Crippen molar-refractivity contribution in [1.29, 1.82) is 5.26 Å². The first kappa shape index (κ1) is 25.0. The monoisotopic (exact) mass is 493 g/mol. The van der Waals surface area contributed by atoms with Gasteiger partial charge in [-0.05, 0) is 18.2 Å². The molecule has 0 saturated carbocycles. The van der Waals surface area contributed by atoms with Crippen molar-refractivity contribution >= 4 is 11.6 Å². The zero-order chi connectivity index (χ0) is 25.3. The Morgan fingerprint density at radius 3 is 2.47 bits per heavy atom. The van der Waals surface area contributed by atoms with Crippen LogP contribution in [0.3, 0.4) is 0 Å². The second kappa shape index (κ2) is 9.30. The minimum absolute atomic E-state index is 0.0427. The van der Waals surface area contributed by atoms with E-state index in [4.69, 9.17) is 26.3 Å². The lowest BCUT2D eigenvalue weighted by Gasteiger charge is -2.19. The number of nitriles is 1. The highest BCUT2D eigenvalue weighted by Gasteiger charge is 2.39. The van der Waals surface area contributed by atoms with Gasteiger partial charge in [0.05, 0.1) is 37.2 Å². The van der Waals surface area contributed by atoms with Crippen molar-refractivity contribution in [1.82, 2.24) is 19.5 Å². The summed E-state index contributed by atoms with van der Waals surface area (Å²) in [5, 5.41) is 9.12. The summed E-state index contributed by atoms with van der Waals surface area (Å²) >= 11 is 5.90. The first-order chi connectivity index (χ1) is 15.8. The largest absolute Gasteiger partial charge is 0.481 e. The van der Waals surface area contributed by atoms with E-state index in [1.165, 1.54) is 25.4 Å². The number of alkyl halides is 3. The Hall–Kier alpha value is -3.65. The van der Waals surface area contributed by atoms with Gasteiger partial charge in [-0.25, -0.2) is 9.97 Å². The number of hydrogen-bond donors (Lipinski definition) is 0. The predicted molar refractivity (Wildman–Crippen MR) is 116 cm³/mol. The third kappa shape index (κ3) is 5.46. The molecule has 0 bridgehead atoms. The molecule has 2 aromatic heterocycles. The predicted octanol–water partition coefficient (Wildman–Crippen LogP) is 4.72. The molecule has 2 heterocycles. The van der Waals surface area contributed by atoms with Crippen molar-refractivity contribution in [3.8, 4) is 23.4 Å². The van der Waals surface area contributed by atoms with E-state index in [0.717, 1.165) is 17.0 Å². The van der Waals surface area contributed by atoms with Crippen LogP contribution in [0.25, 0.3) is 0 Å². The van der Waals surface area contributed by atoms with Crippen LogP contribution in [0, 0.1) is 11.3 Å². The van der Waals surface area contributed by atoms with Crippen molar-refractivity contribution in [3.63, 3.8) is 0 Å². The second-order valence-corrected chi connectivity index (χ2v) is 8.66. The van der Waals surface area contributed by atoms with E-state index in [-0.39, 0.29) is 34.2 Å². The van der Waals surface area contributed by atoms with Crippen LogP contribution in [0.5, 0.6) is 17.4 Å². The van der Waals surface area contributed by atoms with E-state index in [1.54, 1.807) is 0 Å². The molecule has 0 aliphatic carbocycles. The molecule has 3 rings (SSSR count). The molecule has 1 aromatic carbocycles. The summed E-state index contributed by atoms with van der Waals surface area (Å²) in [6, 6.07) is 5.45. The highest BCUT2D eigenvalue weighted by atomic mass is 35.5. The Morgan fingerprint density at radius 1 is 1.18 bits per heavy atom.